The van der Waals surface area contributed by atoms with E-state index in [4.69, 9.17) is 0 Å². The standard InChI is InChI=1S/C17H16F3N3O3S/c18-17(19,20)14-3-1-2-4-15(14)22-13-7-11(8-21-9-13)16(24)23-12-5-6-27(25,26)10-12/h1-4,7-9,12,22H,5-6,10H2,(H,23,24). The number of anilines is 2. The van der Waals surface area contributed by atoms with Gasteiger partial charge in [0, 0.05) is 12.2 Å². The lowest BCUT2D eigenvalue weighted by atomic mass is 10.1. The Labute approximate surface area is 153 Å². The van der Waals surface area contributed by atoms with E-state index in [9.17, 15) is 26.4 Å². The van der Waals surface area contributed by atoms with Crippen LogP contribution in [-0.2, 0) is 16.0 Å². The third kappa shape index (κ3) is 4.76. The van der Waals surface area contributed by atoms with Crippen LogP contribution in [0.15, 0.2) is 42.7 Å². The number of carbonyl (C=O) groups excluding carboxylic acids is 1. The van der Waals surface area contributed by atoms with Crippen LogP contribution in [0.4, 0.5) is 24.5 Å². The van der Waals surface area contributed by atoms with Gasteiger partial charge in [0.05, 0.1) is 40.2 Å². The average Bonchev–Trinajstić information content (AvgIpc) is 2.93. The molecule has 0 spiro atoms. The fourth-order valence-corrected chi connectivity index (χ4v) is 4.48. The number of hydrogen-bond acceptors (Lipinski definition) is 5. The van der Waals surface area contributed by atoms with Crippen molar-refractivity contribution < 1.29 is 26.4 Å². The van der Waals surface area contributed by atoms with Crippen LogP contribution in [0.3, 0.4) is 0 Å². The molecule has 1 aliphatic rings. The number of sulfone groups is 1. The molecular weight excluding hydrogens is 383 g/mol. The smallest absolute Gasteiger partial charge is 0.354 e. The van der Waals surface area contributed by atoms with Crippen LogP contribution in [0.25, 0.3) is 0 Å². The van der Waals surface area contributed by atoms with Crippen molar-refractivity contribution in [3.05, 3.63) is 53.9 Å². The molecule has 144 valence electrons. The second kappa shape index (κ2) is 7.18. The summed E-state index contributed by atoms with van der Waals surface area (Å²) in [4.78, 5) is 16.2. The minimum absolute atomic E-state index is 0.0199. The molecule has 0 saturated carbocycles. The average molecular weight is 399 g/mol. The van der Waals surface area contributed by atoms with Gasteiger partial charge in [-0.2, -0.15) is 13.2 Å². The van der Waals surface area contributed by atoms with E-state index in [1.807, 2.05) is 0 Å². The van der Waals surface area contributed by atoms with E-state index >= 15 is 0 Å². The van der Waals surface area contributed by atoms with Crippen LogP contribution in [-0.4, -0.2) is 36.9 Å². The molecule has 2 aromatic rings. The Hall–Kier alpha value is -2.62. The molecule has 10 heteroatoms. The maximum absolute atomic E-state index is 13.1. The molecule has 1 aromatic heterocycles. The monoisotopic (exact) mass is 399 g/mol. The molecule has 6 nitrogen and oxygen atoms in total. The molecule has 27 heavy (non-hydrogen) atoms. The van der Waals surface area contributed by atoms with Gasteiger partial charge in [0.2, 0.25) is 0 Å². The molecule has 3 rings (SSSR count). The lowest BCUT2D eigenvalue weighted by Gasteiger charge is -2.15. The molecule has 1 unspecified atom stereocenters. The number of benzene rings is 1. The van der Waals surface area contributed by atoms with Crippen molar-refractivity contribution in [2.75, 3.05) is 16.8 Å². The Morgan fingerprint density at radius 3 is 2.59 bits per heavy atom. The van der Waals surface area contributed by atoms with Gasteiger partial charge in [-0.1, -0.05) is 12.1 Å². The molecule has 2 heterocycles. The maximum atomic E-state index is 13.1. The van der Waals surface area contributed by atoms with Crippen molar-refractivity contribution in [3.63, 3.8) is 0 Å². The number of nitrogens with one attached hydrogen (secondary N) is 2. The van der Waals surface area contributed by atoms with Crippen LogP contribution in [0.5, 0.6) is 0 Å². The van der Waals surface area contributed by atoms with Gasteiger partial charge >= 0.3 is 6.18 Å². The van der Waals surface area contributed by atoms with Gasteiger partial charge in [-0.25, -0.2) is 8.42 Å². The Bertz CT molecular complexity index is 961. The number of halogens is 3. The van der Waals surface area contributed by atoms with E-state index in [-0.39, 0.29) is 28.4 Å². The second-order valence-corrected chi connectivity index (χ2v) is 8.43. The summed E-state index contributed by atoms with van der Waals surface area (Å²) in [6.07, 6.45) is -1.64. The Balaban J connectivity index is 1.76. The van der Waals surface area contributed by atoms with Gasteiger partial charge in [0.15, 0.2) is 9.84 Å². The zero-order chi connectivity index (χ0) is 19.7. The van der Waals surface area contributed by atoms with Crippen molar-refractivity contribution in [3.8, 4) is 0 Å². The number of rotatable bonds is 4. The number of alkyl halides is 3. The number of hydrogen-bond donors (Lipinski definition) is 2. The molecule has 1 fully saturated rings. The van der Waals surface area contributed by atoms with Crippen molar-refractivity contribution in [2.24, 2.45) is 0 Å². The van der Waals surface area contributed by atoms with Crippen molar-refractivity contribution >= 4 is 27.1 Å². The number of carbonyl (C=O) groups is 1. The number of para-hydroxylation sites is 1. The lowest BCUT2D eigenvalue weighted by molar-refractivity contribution is -0.136. The summed E-state index contributed by atoms with van der Waals surface area (Å²) in [5.74, 6) is -0.632. The summed E-state index contributed by atoms with van der Waals surface area (Å²) in [5, 5.41) is 5.23. The number of amides is 1. The summed E-state index contributed by atoms with van der Waals surface area (Å²) in [5.41, 5.74) is -0.672. The molecule has 1 aliphatic heterocycles. The fourth-order valence-electron chi connectivity index (χ4n) is 2.80. The topological polar surface area (TPSA) is 88.2 Å². The highest BCUT2D eigenvalue weighted by Gasteiger charge is 2.33. The van der Waals surface area contributed by atoms with E-state index in [2.05, 4.69) is 15.6 Å². The SMILES string of the molecule is O=C(NC1CCS(=O)(=O)C1)c1cncc(Nc2ccccc2C(F)(F)F)c1. The van der Waals surface area contributed by atoms with Gasteiger partial charge < -0.3 is 10.6 Å². The van der Waals surface area contributed by atoms with E-state index in [1.54, 1.807) is 0 Å². The lowest BCUT2D eigenvalue weighted by Crippen LogP contribution is -2.35. The van der Waals surface area contributed by atoms with Crippen LogP contribution in [0.1, 0.15) is 22.3 Å². The van der Waals surface area contributed by atoms with Crippen molar-refractivity contribution in [2.45, 2.75) is 18.6 Å². The van der Waals surface area contributed by atoms with E-state index in [1.165, 1.54) is 36.7 Å². The minimum atomic E-state index is -4.53. The Morgan fingerprint density at radius 1 is 1.19 bits per heavy atom. The van der Waals surface area contributed by atoms with Gasteiger partial charge in [0.25, 0.3) is 5.91 Å². The van der Waals surface area contributed by atoms with Gasteiger partial charge in [-0.15, -0.1) is 0 Å². The van der Waals surface area contributed by atoms with Crippen LogP contribution in [0.2, 0.25) is 0 Å². The maximum Gasteiger partial charge on any atom is 0.418 e. The minimum Gasteiger partial charge on any atom is -0.354 e. The molecule has 1 amide bonds. The van der Waals surface area contributed by atoms with Gasteiger partial charge in [0.1, 0.15) is 0 Å². The molecule has 1 aromatic carbocycles. The summed E-state index contributed by atoms with van der Waals surface area (Å²) >= 11 is 0. The highest BCUT2D eigenvalue weighted by atomic mass is 32.2. The summed E-state index contributed by atoms with van der Waals surface area (Å²) in [6.45, 7) is 0. The third-order valence-corrected chi connectivity index (χ3v) is 5.85. The predicted molar refractivity (Wildman–Crippen MR) is 93.5 cm³/mol. The molecule has 1 saturated heterocycles. The first-order chi connectivity index (χ1) is 12.6. The van der Waals surface area contributed by atoms with Crippen molar-refractivity contribution in [1.29, 1.82) is 0 Å². The van der Waals surface area contributed by atoms with E-state index in [0.29, 0.717) is 6.42 Å². The highest BCUT2D eigenvalue weighted by Crippen LogP contribution is 2.35. The van der Waals surface area contributed by atoms with E-state index in [0.717, 1.165) is 6.07 Å². The predicted octanol–water partition coefficient (Wildman–Crippen LogP) is 2.76. The molecule has 0 aliphatic carbocycles. The van der Waals surface area contributed by atoms with Crippen LogP contribution >= 0.6 is 0 Å². The normalized spacial score (nSPS) is 18.9. The summed E-state index contributed by atoms with van der Waals surface area (Å²) in [7, 11) is -3.14. The quantitative estimate of drug-likeness (QED) is 0.826. The number of nitrogens with zero attached hydrogens (tertiary/aromatic N) is 1. The van der Waals surface area contributed by atoms with E-state index < -0.39 is 33.5 Å². The number of aromatic nitrogens is 1. The molecule has 2 N–H and O–H groups in total. The molecule has 0 bridgehead atoms. The first kappa shape index (κ1) is 19.2. The fraction of sp³-hybridized carbons (Fsp3) is 0.294. The third-order valence-electron chi connectivity index (χ3n) is 4.08. The first-order valence-electron chi connectivity index (χ1n) is 8.04. The van der Waals surface area contributed by atoms with Gasteiger partial charge in [-0.05, 0) is 24.6 Å². The highest BCUT2D eigenvalue weighted by molar-refractivity contribution is 7.91. The Morgan fingerprint density at radius 2 is 1.93 bits per heavy atom. The first-order valence-corrected chi connectivity index (χ1v) is 9.86. The molecule has 1 atom stereocenters. The Kier molecular flexibility index (Phi) is 5.09. The number of pyridine rings is 1. The largest absolute Gasteiger partial charge is 0.418 e. The zero-order valence-corrected chi connectivity index (χ0v) is 14.8. The summed E-state index contributed by atoms with van der Waals surface area (Å²) in [6, 6.07) is 5.85. The molecule has 0 radical (unpaired) electrons. The van der Waals surface area contributed by atoms with Crippen LogP contribution < -0.4 is 10.6 Å². The molecular formula is C17H16F3N3O3S. The van der Waals surface area contributed by atoms with Crippen molar-refractivity contribution in [1.82, 2.24) is 10.3 Å². The van der Waals surface area contributed by atoms with Gasteiger partial charge in [-0.3, -0.25) is 9.78 Å². The zero-order valence-electron chi connectivity index (χ0n) is 14.0. The second-order valence-electron chi connectivity index (χ2n) is 6.20. The van der Waals surface area contributed by atoms with Crippen LogP contribution in [0, 0.1) is 0 Å². The summed E-state index contributed by atoms with van der Waals surface area (Å²) < 4.78 is 62.2.